The second kappa shape index (κ2) is 5.26. The summed E-state index contributed by atoms with van der Waals surface area (Å²) < 4.78 is 27.0. The Kier molecular flexibility index (Phi) is 3.82. The third-order valence-electron chi connectivity index (χ3n) is 2.92. The number of aryl methyl sites for hydroxylation is 2. The van der Waals surface area contributed by atoms with Gasteiger partial charge in [0, 0.05) is 0 Å². The summed E-state index contributed by atoms with van der Waals surface area (Å²) in [5, 5.41) is 1.61. The molecule has 1 heterocycles. The number of primary amides is 1. The molecule has 0 fully saturated rings. The quantitative estimate of drug-likeness (QED) is 0.907. The van der Waals surface area contributed by atoms with E-state index in [-0.39, 0.29) is 15.5 Å². The Morgan fingerprint density at radius 3 is 2.50 bits per heavy atom. The third kappa shape index (κ3) is 2.83. The molecule has 0 unspecified atom stereocenters. The lowest BCUT2D eigenvalue weighted by atomic mass is 10.1. The van der Waals surface area contributed by atoms with Crippen molar-refractivity contribution in [1.82, 2.24) is 0 Å². The minimum Gasteiger partial charge on any atom is -0.365 e. The maximum Gasteiger partial charge on any atom is 0.261 e. The Hall–Kier alpha value is -1.86. The Morgan fingerprint density at radius 2 is 1.90 bits per heavy atom. The molecule has 3 N–H and O–H groups in total. The lowest BCUT2D eigenvalue weighted by Gasteiger charge is -2.09. The van der Waals surface area contributed by atoms with Crippen LogP contribution in [0, 0.1) is 13.8 Å². The predicted molar refractivity (Wildman–Crippen MR) is 79.6 cm³/mol. The second-order valence-corrected chi connectivity index (χ2v) is 6.98. The molecular weight excluding hydrogens is 296 g/mol. The first-order valence-corrected chi connectivity index (χ1v) is 8.15. The highest BCUT2D eigenvalue weighted by molar-refractivity contribution is 7.92. The molecule has 0 aliphatic heterocycles. The van der Waals surface area contributed by atoms with E-state index in [9.17, 15) is 13.2 Å². The molecule has 0 atom stereocenters. The molecule has 2 aromatic rings. The number of anilines is 1. The smallest absolute Gasteiger partial charge is 0.261 e. The maximum absolute atomic E-state index is 12.3. The molecule has 106 valence electrons. The SMILES string of the molecule is Cc1ccc(S(=O)(=O)Nc2ccsc2C(N)=O)cc1C. The van der Waals surface area contributed by atoms with Gasteiger partial charge < -0.3 is 5.73 Å². The number of thiophene rings is 1. The third-order valence-corrected chi connectivity index (χ3v) is 5.21. The zero-order valence-corrected chi connectivity index (χ0v) is 12.6. The summed E-state index contributed by atoms with van der Waals surface area (Å²) in [4.78, 5) is 11.5. The topological polar surface area (TPSA) is 89.3 Å². The fourth-order valence-corrected chi connectivity index (χ4v) is 3.59. The van der Waals surface area contributed by atoms with Gasteiger partial charge in [-0.3, -0.25) is 9.52 Å². The fraction of sp³-hybridized carbons (Fsp3) is 0.154. The number of hydrogen-bond acceptors (Lipinski definition) is 4. The maximum atomic E-state index is 12.3. The Bertz CT molecular complexity index is 764. The normalized spacial score (nSPS) is 11.3. The molecule has 0 radical (unpaired) electrons. The summed E-state index contributed by atoms with van der Waals surface area (Å²) >= 11 is 1.10. The van der Waals surface area contributed by atoms with Gasteiger partial charge in [0.25, 0.3) is 15.9 Å². The number of carbonyl (C=O) groups excluding carboxylic acids is 1. The zero-order valence-electron chi connectivity index (χ0n) is 11.0. The van der Waals surface area contributed by atoms with Crippen molar-refractivity contribution in [2.45, 2.75) is 18.7 Å². The van der Waals surface area contributed by atoms with E-state index in [4.69, 9.17) is 5.73 Å². The van der Waals surface area contributed by atoms with Crippen LogP contribution >= 0.6 is 11.3 Å². The molecule has 1 amide bonds. The first kappa shape index (κ1) is 14.5. The number of rotatable bonds is 4. The van der Waals surface area contributed by atoms with Gasteiger partial charge >= 0.3 is 0 Å². The van der Waals surface area contributed by atoms with Crippen molar-refractivity contribution in [3.63, 3.8) is 0 Å². The predicted octanol–water partition coefficient (Wildman–Crippen LogP) is 2.26. The molecule has 1 aromatic heterocycles. The monoisotopic (exact) mass is 310 g/mol. The van der Waals surface area contributed by atoms with Gasteiger partial charge in [-0.25, -0.2) is 8.42 Å². The highest BCUT2D eigenvalue weighted by atomic mass is 32.2. The van der Waals surface area contributed by atoms with Crippen molar-refractivity contribution in [3.8, 4) is 0 Å². The first-order valence-electron chi connectivity index (χ1n) is 5.78. The van der Waals surface area contributed by atoms with Crippen LogP contribution in [0.5, 0.6) is 0 Å². The summed E-state index contributed by atoms with van der Waals surface area (Å²) in [6.07, 6.45) is 0. The van der Waals surface area contributed by atoms with E-state index < -0.39 is 15.9 Å². The first-order chi connectivity index (χ1) is 9.31. The van der Waals surface area contributed by atoms with Crippen molar-refractivity contribution >= 4 is 33.0 Å². The number of hydrogen-bond donors (Lipinski definition) is 2. The number of carbonyl (C=O) groups is 1. The summed E-state index contributed by atoms with van der Waals surface area (Å²) in [6.45, 7) is 3.75. The highest BCUT2D eigenvalue weighted by Gasteiger charge is 2.19. The van der Waals surface area contributed by atoms with Gasteiger partial charge in [-0.1, -0.05) is 6.07 Å². The Labute approximate surface area is 121 Å². The van der Waals surface area contributed by atoms with E-state index >= 15 is 0 Å². The average molecular weight is 310 g/mol. The van der Waals surface area contributed by atoms with E-state index in [1.54, 1.807) is 17.5 Å². The average Bonchev–Trinajstić information content (AvgIpc) is 2.80. The summed E-state index contributed by atoms with van der Waals surface area (Å²) in [7, 11) is -3.73. The molecule has 7 heteroatoms. The van der Waals surface area contributed by atoms with E-state index in [0.717, 1.165) is 22.5 Å². The van der Waals surface area contributed by atoms with Crippen LogP contribution in [0.2, 0.25) is 0 Å². The van der Waals surface area contributed by atoms with Gasteiger partial charge in [0.1, 0.15) is 4.88 Å². The summed E-state index contributed by atoms with van der Waals surface area (Å²) in [6, 6.07) is 6.38. The summed E-state index contributed by atoms with van der Waals surface area (Å²) in [5.74, 6) is -0.655. The zero-order chi connectivity index (χ0) is 14.9. The molecule has 0 spiro atoms. The van der Waals surface area contributed by atoms with E-state index in [2.05, 4.69) is 4.72 Å². The lowest BCUT2D eigenvalue weighted by Crippen LogP contribution is -2.17. The Balaban J connectivity index is 2.38. The largest absolute Gasteiger partial charge is 0.365 e. The van der Waals surface area contributed by atoms with E-state index in [0.29, 0.717) is 0 Å². The molecule has 0 aliphatic rings. The van der Waals surface area contributed by atoms with Gasteiger partial charge in [-0.2, -0.15) is 0 Å². The molecule has 5 nitrogen and oxygen atoms in total. The van der Waals surface area contributed by atoms with Crippen molar-refractivity contribution < 1.29 is 13.2 Å². The molecule has 0 bridgehead atoms. The fourth-order valence-electron chi connectivity index (χ4n) is 1.67. The molecule has 0 saturated carbocycles. The van der Waals surface area contributed by atoms with Gasteiger partial charge in [-0.15, -0.1) is 11.3 Å². The molecule has 1 aromatic carbocycles. The molecule has 20 heavy (non-hydrogen) atoms. The van der Waals surface area contributed by atoms with Crippen LogP contribution in [0.1, 0.15) is 20.8 Å². The van der Waals surface area contributed by atoms with Crippen molar-refractivity contribution in [2.24, 2.45) is 5.73 Å². The number of benzene rings is 1. The van der Waals surface area contributed by atoms with Crippen LogP contribution in [0.25, 0.3) is 0 Å². The molecular formula is C13H14N2O3S2. The lowest BCUT2D eigenvalue weighted by molar-refractivity contribution is 0.100. The standard InChI is InChI=1S/C13H14N2O3S2/c1-8-3-4-10(7-9(8)2)20(17,18)15-11-5-6-19-12(11)13(14)16/h3-7,15H,1-2H3,(H2,14,16). The van der Waals surface area contributed by atoms with Crippen LogP contribution in [0.3, 0.4) is 0 Å². The number of nitrogens with one attached hydrogen (secondary N) is 1. The molecule has 2 rings (SSSR count). The van der Waals surface area contributed by atoms with Crippen molar-refractivity contribution in [2.75, 3.05) is 4.72 Å². The highest BCUT2D eigenvalue weighted by Crippen LogP contribution is 2.25. The van der Waals surface area contributed by atoms with E-state index in [1.165, 1.54) is 12.1 Å². The van der Waals surface area contributed by atoms with E-state index in [1.807, 2.05) is 13.8 Å². The number of nitrogens with two attached hydrogens (primary N) is 1. The minimum absolute atomic E-state index is 0.155. The van der Waals surface area contributed by atoms with Crippen LogP contribution in [-0.2, 0) is 10.0 Å². The van der Waals surface area contributed by atoms with Crippen molar-refractivity contribution in [1.29, 1.82) is 0 Å². The van der Waals surface area contributed by atoms with Crippen molar-refractivity contribution in [3.05, 3.63) is 45.6 Å². The Morgan fingerprint density at radius 1 is 1.20 bits per heavy atom. The number of sulfonamides is 1. The summed E-state index contributed by atoms with van der Waals surface area (Å²) in [5.41, 5.74) is 7.30. The minimum atomic E-state index is -3.73. The van der Waals surface area contributed by atoms with Crippen LogP contribution in [0.15, 0.2) is 34.5 Å². The second-order valence-electron chi connectivity index (χ2n) is 4.38. The van der Waals surface area contributed by atoms with Gasteiger partial charge in [-0.05, 0) is 48.6 Å². The van der Waals surface area contributed by atoms with Crippen LogP contribution in [0.4, 0.5) is 5.69 Å². The van der Waals surface area contributed by atoms with Crippen LogP contribution in [-0.4, -0.2) is 14.3 Å². The molecule has 0 saturated heterocycles. The molecule has 0 aliphatic carbocycles. The van der Waals surface area contributed by atoms with Crippen LogP contribution < -0.4 is 10.5 Å². The number of amides is 1. The van der Waals surface area contributed by atoms with Gasteiger partial charge in [0.05, 0.1) is 10.6 Å². The van der Waals surface area contributed by atoms with Gasteiger partial charge in [0.2, 0.25) is 0 Å². The van der Waals surface area contributed by atoms with Gasteiger partial charge in [0.15, 0.2) is 0 Å².